The zero-order valence-electron chi connectivity index (χ0n) is 11.9. The summed E-state index contributed by atoms with van der Waals surface area (Å²) in [6.45, 7) is 3.58. The second-order valence-electron chi connectivity index (χ2n) is 5.07. The molecule has 108 valence electrons. The highest BCUT2D eigenvalue weighted by molar-refractivity contribution is 7.14. The van der Waals surface area contributed by atoms with Crippen LogP contribution in [0, 0.1) is 18.8 Å². The maximum Gasteiger partial charge on any atom is 0.261 e. The Kier molecular flexibility index (Phi) is 5.18. The topological polar surface area (TPSA) is 52.6 Å². The summed E-state index contributed by atoms with van der Waals surface area (Å²) in [5.74, 6) is 5.46. The van der Waals surface area contributed by atoms with Crippen molar-refractivity contribution in [2.45, 2.75) is 25.8 Å². The maximum atomic E-state index is 12.1. The number of aliphatic hydroxyl groups excluding tert-OH is 1. The molecule has 1 fully saturated rings. The second kappa shape index (κ2) is 6.89. The van der Waals surface area contributed by atoms with Crippen LogP contribution in [0.25, 0.3) is 0 Å². The van der Waals surface area contributed by atoms with Gasteiger partial charge in [-0.3, -0.25) is 4.79 Å². The monoisotopic (exact) mass is 292 g/mol. The number of hydrogen-bond acceptors (Lipinski definition) is 4. The van der Waals surface area contributed by atoms with Crippen molar-refractivity contribution < 1.29 is 9.90 Å². The average molecular weight is 292 g/mol. The molecule has 0 spiro atoms. The SMILES string of the molecule is Cc1cc(C(=O)NCC2CCCN2C)sc1C#CCO. The first-order valence-corrected chi connectivity index (χ1v) is 7.62. The molecule has 2 heterocycles. The minimum Gasteiger partial charge on any atom is -0.384 e. The van der Waals surface area contributed by atoms with Crippen molar-refractivity contribution >= 4 is 17.2 Å². The number of aryl methyl sites for hydroxylation is 1. The summed E-state index contributed by atoms with van der Waals surface area (Å²) in [4.78, 5) is 16.0. The van der Waals surface area contributed by atoms with Gasteiger partial charge < -0.3 is 15.3 Å². The van der Waals surface area contributed by atoms with Gasteiger partial charge in [0.2, 0.25) is 0 Å². The Hall–Kier alpha value is -1.35. The fraction of sp³-hybridized carbons (Fsp3) is 0.533. The molecule has 20 heavy (non-hydrogen) atoms. The summed E-state index contributed by atoms with van der Waals surface area (Å²) in [5, 5.41) is 11.7. The fourth-order valence-electron chi connectivity index (χ4n) is 2.37. The van der Waals surface area contributed by atoms with Crippen molar-refractivity contribution in [3.8, 4) is 11.8 Å². The van der Waals surface area contributed by atoms with Crippen LogP contribution in [0.15, 0.2) is 6.07 Å². The molecule has 1 saturated heterocycles. The van der Waals surface area contributed by atoms with Crippen LogP contribution in [0.2, 0.25) is 0 Å². The summed E-state index contributed by atoms with van der Waals surface area (Å²) in [6, 6.07) is 2.31. The highest BCUT2D eigenvalue weighted by atomic mass is 32.1. The first kappa shape index (κ1) is 15.0. The van der Waals surface area contributed by atoms with Crippen LogP contribution >= 0.6 is 11.3 Å². The van der Waals surface area contributed by atoms with Crippen LogP contribution in [0.5, 0.6) is 0 Å². The Balaban J connectivity index is 1.95. The molecule has 2 rings (SSSR count). The lowest BCUT2D eigenvalue weighted by Gasteiger charge is -2.19. The van der Waals surface area contributed by atoms with Crippen LogP contribution in [0.1, 0.15) is 33.0 Å². The normalized spacial score (nSPS) is 18.6. The van der Waals surface area contributed by atoms with E-state index >= 15 is 0 Å². The number of nitrogens with zero attached hydrogens (tertiary/aromatic N) is 1. The Morgan fingerprint density at radius 2 is 2.45 bits per heavy atom. The largest absolute Gasteiger partial charge is 0.384 e. The van der Waals surface area contributed by atoms with E-state index in [-0.39, 0.29) is 12.5 Å². The van der Waals surface area contributed by atoms with Crippen molar-refractivity contribution in [2.24, 2.45) is 0 Å². The van der Waals surface area contributed by atoms with Gasteiger partial charge in [0.05, 0.1) is 9.75 Å². The van der Waals surface area contributed by atoms with Gasteiger partial charge in [-0.25, -0.2) is 0 Å². The van der Waals surface area contributed by atoms with Crippen molar-refractivity contribution in [1.29, 1.82) is 0 Å². The molecule has 1 unspecified atom stereocenters. The second-order valence-corrected chi connectivity index (χ2v) is 6.12. The van der Waals surface area contributed by atoms with Crippen LogP contribution in [-0.2, 0) is 0 Å². The molecule has 1 aromatic heterocycles. The van der Waals surface area contributed by atoms with Crippen molar-refractivity contribution in [1.82, 2.24) is 10.2 Å². The third kappa shape index (κ3) is 3.60. The molecule has 0 aliphatic carbocycles. The van der Waals surface area contributed by atoms with E-state index in [1.807, 2.05) is 13.0 Å². The molecule has 0 saturated carbocycles. The molecule has 1 amide bonds. The third-order valence-electron chi connectivity index (χ3n) is 3.59. The smallest absolute Gasteiger partial charge is 0.261 e. The summed E-state index contributed by atoms with van der Waals surface area (Å²) in [7, 11) is 2.10. The Bertz CT molecular complexity index is 542. The first-order valence-electron chi connectivity index (χ1n) is 6.80. The Morgan fingerprint density at radius 1 is 1.65 bits per heavy atom. The summed E-state index contributed by atoms with van der Waals surface area (Å²) in [6.07, 6.45) is 2.35. The highest BCUT2D eigenvalue weighted by Crippen LogP contribution is 2.21. The van der Waals surface area contributed by atoms with Crippen LogP contribution in [0.3, 0.4) is 0 Å². The molecule has 1 atom stereocenters. The fourth-order valence-corrected chi connectivity index (χ4v) is 3.34. The number of nitrogens with one attached hydrogen (secondary N) is 1. The van der Waals surface area contributed by atoms with E-state index in [1.54, 1.807) is 0 Å². The molecule has 5 heteroatoms. The predicted molar refractivity (Wildman–Crippen MR) is 81.0 cm³/mol. The quantitative estimate of drug-likeness (QED) is 0.824. The molecule has 2 N–H and O–H groups in total. The van der Waals surface area contributed by atoms with Crippen LogP contribution in [0.4, 0.5) is 0 Å². The van der Waals surface area contributed by atoms with Gasteiger partial charge in [0, 0.05) is 12.6 Å². The number of carbonyl (C=O) groups excluding carboxylic acids is 1. The predicted octanol–water partition coefficient (Wildman–Crippen LogP) is 1.22. The number of aliphatic hydroxyl groups is 1. The number of amides is 1. The molecule has 0 radical (unpaired) electrons. The van der Waals surface area contributed by atoms with E-state index in [4.69, 9.17) is 5.11 Å². The summed E-state index contributed by atoms with van der Waals surface area (Å²) >= 11 is 1.38. The highest BCUT2D eigenvalue weighted by Gasteiger charge is 2.21. The lowest BCUT2D eigenvalue weighted by atomic mass is 10.2. The van der Waals surface area contributed by atoms with Gasteiger partial charge in [-0.05, 0) is 45.0 Å². The number of likely N-dealkylation sites (N-methyl/N-ethyl adjacent to an activating group) is 1. The average Bonchev–Trinajstić information content (AvgIpc) is 3.00. The zero-order chi connectivity index (χ0) is 14.5. The lowest BCUT2D eigenvalue weighted by Crippen LogP contribution is -2.37. The van der Waals surface area contributed by atoms with Gasteiger partial charge in [0.25, 0.3) is 5.91 Å². The third-order valence-corrected chi connectivity index (χ3v) is 4.74. The summed E-state index contributed by atoms with van der Waals surface area (Å²) < 4.78 is 0. The molecule has 4 nitrogen and oxygen atoms in total. The van der Waals surface area contributed by atoms with Crippen molar-refractivity contribution in [3.05, 3.63) is 21.4 Å². The van der Waals surface area contributed by atoms with E-state index in [0.717, 1.165) is 23.4 Å². The molecule has 0 aromatic carbocycles. The van der Waals surface area contributed by atoms with Gasteiger partial charge in [-0.15, -0.1) is 11.3 Å². The summed E-state index contributed by atoms with van der Waals surface area (Å²) in [5.41, 5.74) is 0.985. The minimum absolute atomic E-state index is 0.0320. The number of carbonyl (C=O) groups is 1. The molecule has 1 aliphatic heterocycles. The minimum atomic E-state index is -0.160. The number of thiophene rings is 1. The van der Waals surface area contributed by atoms with Crippen LogP contribution < -0.4 is 5.32 Å². The van der Waals surface area contributed by atoms with E-state index in [1.165, 1.54) is 17.8 Å². The lowest BCUT2D eigenvalue weighted by molar-refractivity contribution is 0.0947. The van der Waals surface area contributed by atoms with E-state index in [0.29, 0.717) is 17.5 Å². The molecule has 0 bridgehead atoms. The standard InChI is InChI=1S/C15H20N2O2S/c1-11-9-14(20-13(11)6-4-8-18)15(19)16-10-12-5-3-7-17(12)2/h9,12,18H,3,5,7-8,10H2,1-2H3,(H,16,19). The van der Waals surface area contributed by atoms with E-state index in [2.05, 4.69) is 29.1 Å². The Labute approximate surface area is 123 Å². The van der Waals surface area contributed by atoms with Gasteiger partial charge >= 0.3 is 0 Å². The van der Waals surface area contributed by atoms with Crippen LogP contribution in [-0.4, -0.2) is 48.7 Å². The maximum absolute atomic E-state index is 12.1. The number of likely N-dealkylation sites (tertiary alicyclic amines) is 1. The first-order chi connectivity index (χ1) is 9.61. The number of rotatable bonds is 3. The van der Waals surface area contributed by atoms with E-state index in [9.17, 15) is 4.79 Å². The van der Waals surface area contributed by atoms with Crippen molar-refractivity contribution in [3.63, 3.8) is 0 Å². The molecular weight excluding hydrogens is 272 g/mol. The van der Waals surface area contributed by atoms with E-state index < -0.39 is 0 Å². The molecule has 1 aromatic rings. The van der Waals surface area contributed by atoms with Gasteiger partial charge in [0.1, 0.15) is 6.61 Å². The zero-order valence-corrected chi connectivity index (χ0v) is 12.7. The Morgan fingerprint density at radius 3 is 3.10 bits per heavy atom. The number of hydrogen-bond donors (Lipinski definition) is 2. The van der Waals surface area contributed by atoms with Gasteiger partial charge in [-0.1, -0.05) is 11.8 Å². The molecule has 1 aliphatic rings. The van der Waals surface area contributed by atoms with Crippen molar-refractivity contribution in [2.75, 3.05) is 26.7 Å². The van der Waals surface area contributed by atoms with Gasteiger partial charge in [-0.2, -0.15) is 0 Å². The van der Waals surface area contributed by atoms with Gasteiger partial charge in [0.15, 0.2) is 0 Å². The molecular formula is C15H20N2O2S.